The van der Waals surface area contributed by atoms with Gasteiger partial charge in [0.15, 0.2) is 0 Å². The monoisotopic (exact) mass is 144 g/mol. The molecule has 0 saturated carbocycles. The second kappa shape index (κ2) is 2.89. The molecule has 1 aromatic rings. The third-order valence-electron chi connectivity index (χ3n) is 0.910. The minimum atomic E-state index is -0.311. The molecule has 0 radical (unpaired) electrons. The number of aromatic nitrogens is 2. The van der Waals surface area contributed by atoms with E-state index in [1.165, 1.54) is 11.5 Å². The van der Waals surface area contributed by atoms with E-state index in [1.807, 2.05) is 5.38 Å². The summed E-state index contributed by atoms with van der Waals surface area (Å²) >= 11 is 1.31. The lowest BCUT2D eigenvalue weighted by Crippen LogP contribution is -2.03. The maximum atomic E-state index is 8.86. The van der Waals surface area contributed by atoms with Crippen molar-refractivity contribution >= 4 is 11.5 Å². The number of nitrogens with zero attached hydrogens (tertiary/aromatic N) is 2. The molecular formula is C5H8N2OS. The molecule has 4 heteroatoms. The zero-order chi connectivity index (χ0) is 6.69. The normalized spacial score (nSPS) is 13.6. The van der Waals surface area contributed by atoms with Gasteiger partial charge in [-0.2, -0.15) is 0 Å². The first-order chi connectivity index (χ1) is 4.29. The first-order valence-electron chi connectivity index (χ1n) is 2.73. The molecular weight excluding hydrogens is 136 g/mol. The van der Waals surface area contributed by atoms with Gasteiger partial charge in [-0.1, -0.05) is 4.49 Å². The van der Waals surface area contributed by atoms with E-state index < -0.39 is 0 Å². The lowest BCUT2D eigenvalue weighted by molar-refractivity contribution is 0.194. The molecule has 50 valence electrons. The Morgan fingerprint density at radius 3 is 3.11 bits per heavy atom. The van der Waals surface area contributed by atoms with E-state index in [-0.39, 0.29) is 6.10 Å². The molecule has 0 aliphatic heterocycles. The van der Waals surface area contributed by atoms with E-state index in [0.29, 0.717) is 6.42 Å². The van der Waals surface area contributed by atoms with Crippen LogP contribution in [0.15, 0.2) is 5.38 Å². The summed E-state index contributed by atoms with van der Waals surface area (Å²) in [5.41, 5.74) is 0.870. The minimum Gasteiger partial charge on any atom is -0.393 e. The summed E-state index contributed by atoms with van der Waals surface area (Å²) in [7, 11) is 0. The summed E-state index contributed by atoms with van der Waals surface area (Å²) in [5, 5.41) is 14.5. The molecule has 0 aromatic carbocycles. The Morgan fingerprint density at radius 1 is 1.89 bits per heavy atom. The third-order valence-corrected chi connectivity index (χ3v) is 1.46. The van der Waals surface area contributed by atoms with Gasteiger partial charge in [0, 0.05) is 11.8 Å². The van der Waals surface area contributed by atoms with Crippen molar-refractivity contribution in [2.24, 2.45) is 0 Å². The number of hydrogen-bond donors (Lipinski definition) is 1. The van der Waals surface area contributed by atoms with Crippen LogP contribution < -0.4 is 0 Å². The average molecular weight is 144 g/mol. The number of hydrogen-bond acceptors (Lipinski definition) is 4. The van der Waals surface area contributed by atoms with Gasteiger partial charge >= 0.3 is 0 Å². The Labute approximate surface area is 57.5 Å². The molecule has 0 bridgehead atoms. The standard InChI is InChI=1S/C5H8N2OS/c1-4(8)2-5-3-9-7-6-5/h3-4,8H,2H2,1H3/t4-/m1/s1. The molecule has 0 aliphatic rings. The molecule has 1 N–H and O–H groups in total. The second-order valence-electron chi connectivity index (χ2n) is 1.95. The number of aliphatic hydroxyl groups excluding tert-OH is 1. The molecule has 3 nitrogen and oxygen atoms in total. The van der Waals surface area contributed by atoms with Gasteiger partial charge < -0.3 is 5.11 Å². The van der Waals surface area contributed by atoms with Crippen molar-refractivity contribution in [3.8, 4) is 0 Å². The molecule has 0 aliphatic carbocycles. The van der Waals surface area contributed by atoms with Crippen LogP contribution in [0.5, 0.6) is 0 Å². The van der Waals surface area contributed by atoms with E-state index in [2.05, 4.69) is 9.59 Å². The quantitative estimate of drug-likeness (QED) is 0.656. The summed E-state index contributed by atoms with van der Waals surface area (Å²) < 4.78 is 3.66. The van der Waals surface area contributed by atoms with Crippen molar-refractivity contribution in [3.63, 3.8) is 0 Å². The van der Waals surface area contributed by atoms with Crippen LogP contribution in [0.4, 0.5) is 0 Å². The van der Waals surface area contributed by atoms with Crippen LogP contribution in [0.3, 0.4) is 0 Å². The largest absolute Gasteiger partial charge is 0.393 e. The fraction of sp³-hybridized carbons (Fsp3) is 0.600. The molecule has 1 rings (SSSR count). The van der Waals surface area contributed by atoms with Crippen LogP contribution in [0.2, 0.25) is 0 Å². The van der Waals surface area contributed by atoms with Crippen molar-refractivity contribution in [3.05, 3.63) is 11.1 Å². The summed E-state index contributed by atoms with van der Waals surface area (Å²) in [5.74, 6) is 0. The fourth-order valence-electron chi connectivity index (χ4n) is 0.576. The van der Waals surface area contributed by atoms with E-state index in [0.717, 1.165) is 5.69 Å². The molecule has 0 fully saturated rings. The first-order valence-corrected chi connectivity index (χ1v) is 3.56. The lowest BCUT2D eigenvalue weighted by atomic mass is 10.2. The summed E-state index contributed by atoms with van der Waals surface area (Å²) in [6.07, 6.45) is 0.296. The molecule has 9 heavy (non-hydrogen) atoms. The summed E-state index contributed by atoms with van der Waals surface area (Å²) in [6.45, 7) is 1.74. The number of aliphatic hydroxyl groups is 1. The van der Waals surface area contributed by atoms with Gasteiger partial charge in [0.25, 0.3) is 0 Å². The van der Waals surface area contributed by atoms with Gasteiger partial charge in [-0.3, -0.25) is 0 Å². The van der Waals surface area contributed by atoms with Crippen LogP contribution in [-0.4, -0.2) is 20.8 Å². The molecule has 0 unspecified atom stereocenters. The highest BCUT2D eigenvalue weighted by Crippen LogP contribution is 2.00. The highest BCUT2D eigenvalue weighted by Gasteiger charge is 1.99. The number of rotatable bonds is 2. The van der Waals surface area contributed by atoms with Crippen molar-refractivity contribution in [2.75, 3.05) is 0 Å². The molecule has 1 heterocycles. The zero-order valence-corrected chi connectivity index (χ0v) is 5.93. The van der Waals surface area contributed by atoms with Crippen LogP contribution in [0, 0.1) is 0 Å². The maximum Gasteiger partial charge on any atom is 0.0781 e. The van der Waals surface area contributed by atoms with Crippen LogP contribution >= 0.6 is 11.5 Å². The Bertz CT molecular complexity index is 161. The second-order valence-corrected chi connectivity index (χ2v) is 2.56. The molecule has 0 spiro atoms. The minimum absolute atomic E-state index is 0.311. The van der Waals surface area contributed by atoms with Crippen LogP contribution in [0.25, 0.3) is 0 Å². The van der Waals surface area contributed by atoms with Crippen LogP contribution in [-0.2, 0) is 6.42 Å². The van der Waals surface area contributed by atoms with Gasteiger partial charge in [-0.05, 0) is 18.5 Å². The highest BCUT2D eigenvalue weighted by atomic mass is 32.1. The fourth-order valence-corrected chi connectivity index (χ4v) is 1.04. The zero-order valence-electron chi connectivity index (χ0n) is 5.11. The predicted molar refractivity (Wildman–Crippen MR) is 35.3 cm³/mol. The van der Waals surface area contributed by atoms with Gasteiger partial charge in [-0.25, -0.2) is 0 Å². The van der Waals surface area contributed by atoms with Gasteiger partial charge in [-0.15, -0.1) is 5.10 Å². The smallest absolute Gasteiger partial charge is 0.0781 e. The van der Waals surface area contributed by atoms with E-state index in [9.17, 15) is 0 Å². The Balaban J connectivity index is 2.48. The Morgan fingerprint density at radius 2 is 2.67 bits per heavy atom. The van der Waals surface area contributed by atoms with Crippen molar-refractivity contribution in [2.45, 2.75) is 19.4 Å². The van der Waals surface area contributed by atoms with E-state index >= 15 is 0 Å². The van der Waals surface area contributed by atoms with Crippen LogP contribution in [0.1, 0.15) is 12.6 Å². The van der Waals surface area contributed by atoms with Crippen molar-refractivity contribution < 1.29 is 5.11 Å². The third kappa shape index (κ3) is 2.07. The average Bonchev–Trinajstić information content (AvgIpc) is 2.15. The molecule has 0 saturated heterocycles. The van der Waals surface area contributed by atoms with Gasteiger partial charge in [0.2, 0.25) is 0 Å². The Kier molecular flexibility index (Phi) is 2.13. The SMILES string of the molecule is C[C@@H](O)Cc1csnn1. The van der Waals surface area contributed by atoms with E-state index in [4.69, 9.17) is 5.11 Å². The molecule has 1 aromatic heterocycles. The topological polar surface area (TPSA) is 46.0 Å². The maximum absolute atomic E-state index is 8.86. The van der Waals surface area contributed by atoms with Gasteiger partial charge in [0.1, 0.15) is 0 Å². The summed E-state index contributed by atoms with van der Waals surface area (Å²) in [6, 6.07) is 0. The summed E-state index contributed by atoms with van der Waals surface area (Å²) in [4.78, 5) is 0. The Hall–Kier alpha value is -0.480. The molecule has 1 atom stereocenters. The van der Waals surface area contributed by atoms with Crippen molar-refractivity contribution in [1.29, 1.82) is 0 Å². The lowest BCUT2D eigenvalue weighted by Gasteiger charge is -1.96. The molecule has 0 amide bonds. The van der Waals surface area contributed by atoms with E-state index in [1.54, 1.807) is 6.92 Å². The van der Waals surface area contributed by atoms with Crippen molar-refractivity contribution in [1.82, 2.24) is 9.59 Å². The first kappa shape index (κ1) is 6.64. The predicted octanol–water partition coefficient (Wildman–Crippen LogP) is 0.461. The highest BCUT2D eigenvalue weighted by molar-refractivity contribution is 7.03. The van der Waals surface area contributed by atoms with Gasteiger partial charge in [0.05, 0.1) is 11.8 Å².